The Hall–Kier alpha value is -1.16. The Morgan fingerprint density at radius 2 is 2.17 bits per heavy atom. The first-order chi connectivity index (χ1) is 11.2. The van der Waals surface area contributed by atoms with E-state index in [1.807, 2.05) is 12.5 Å². The van der Waals surface area contributed by atoms with Crippen molar-refractivity contribution in [1.29, 1.82) is 0 Å². The predicted molar refractivity (Wildman–Crippen MR) is 112 cm³/mol. The van der Waals surface area contributed by atoms with Gasteiger partial charge < -0.3 is 15.2 Å². The molecular weight excluding hydrogens is 435 g/mol. The number of halogens is 1. The highest BCUT2D eigenvalue weighted by atomic mass is 127. The van der Waals surface area contributed by atoms with Gasteiger partial charge in [-0.05, 0) is 27.2 Å². The molecule has 0 saturated carbocycles. The number of guanidine groups is 1. The average molecular weight is 462 g/mol. The van der Waals surface area contributed by atoms with Gasteiger partial charge in [0.05, 0.1) is 17.0 Å². The Kier molecular flexibility index (Phi) is 9.92. The summed E-state index contributed by atoms with van der Waals surface area (Å²) in [6, 6.07) is 0. The van der Waals surface area contributed by atoms with Gasteiger partial charge in [-0.2, -0.15) is 0 Å². The third-order valence-corrected chi connectivity index (χ3v) is 4.58. The Bertz CT molecular complexity index is 589. The molecule has 2 rings (SSSR count). The maximum absolute atomic E-state index is 4.61. The van der Waals surface area contributed by atoms with Crippen LogP contribution in [0.2, 0.25) is 0 Å². The molecule has 24 heavy (non-hydrogen) atoms. The third kappa shape index (κ3) is 7.16. The summed E-state index contributed by atoms with van der Waals surface area (Å²) in [6.07, 6.45) is 7.55. The van der Waals surface area contributed by atoms with Gasteiger partial charge in [0.2, 0.25) is 0 Å². The molecule has 8 heteroatoms. The first-order valence-electron chi connectivity index (χ1n) is 8.10. The average Bonchev–Trinajstić information content (AvgIpc) is 3.14. The van der Waals surface area contributed by atoms with Crippen molar-refractivity contribution in [3.8, 4) is 0 Å². The monoisotopic (exact) mass is 462 g/mol. The maximum Gasteiger partial charge on any atom is 0.191 e. The number of rotatable bonds is 8. The SMILES string of the molecule is CCNC(=NCCCn1ccnc1)NCCc1nc(C)c(C)s1.I. The highest BCUT2D eigenvalue weighted by Gasteiger charge is 2.04. The van der Waals surface area contributed by atoms with E-state index in [9.17, 15) is 0 Å². The van der Waals surface area contributed by atoms with Crippen LogP contribution in [0, 0.1) is 13.8 Å². The molecule has 0 atom stereocenters. The first-order valence-corrected chi connectivity index (χ1v) is 8.91. The van der Waals surface area contributed by atoms with E-state index in [4.69, 9.17) is 0 Å². The number of nitrogens with one attached hydrogen (secondary N) is 2. The van der Waals surface area contributed by atoms with Gasteiger partial charge in [-0.3, -0.25) is 4.99 Å². The molecule has 0 aromatic carbocycles. The fraction of sp³-hybridized carbons (Fsp3) is 0.562. The molecule has 0 spiro atoms. The Morgan fingerprint density at radius 1 is 1.33 bits per heavy atom. The van der Waals surface area contributed by atoms with Crippen LogP contribution in [-0.2, 0) is 13.0 Å². The molecule has 0 unspecified atom stereocenters. The van der Waals surface area contributed by atoms with Crippen LogP contribution in [-0.4, -0.2) is 40.1 Å². The van der Waals surface area contributed by atoms with Crippen LogP contribution in [0.4, 0.5) is 0 Å². The minimum absolute atomic E-state index is 0. The van der Waals surface area contributed by atoms with Crippen LogP contribution in [0.15, 0.2) is 23.7 Å². The van der Waals surface area contributed by atoms with E-state index in [2.05, 4.69) is 50.9 Å². The Labute approximate surface area is 165 Å². The molecule has 2 heterocycles. The molecule has 2 aromatic rings. The molecule has 134 valence electrons. The second kappa shape index (κ2) is 11.4. The van der Waals surface area contributed by atoms with Gasteiger partial charge >= 0.3 is 0 Å². The van der Waals surface area contributed by atoms with E-state index >= 15 is 0 Å². The summed E-state index contributed by atoms with van der Waals surface area (Å²) in [4.78, 5) is 14.5. The molecule has 0 aliphatic rings. The third-order valence-electron chi connectivity index (χ3n) is 3.45. The summed E-state index contributed by atoms with van der Waals surface area (Å²) in [5.41, 5.74) is 1.14. The van der Waals surface area contributed by atoms with E-state index in [1.54, 1.807) is 17.5 Å². The van der Waals surface area contributed by atoms with Gasteiger partial charge in [0.25, 0.3) is 0 Å². The minimum atomic E-state index is 0. The highest BCUT2D eigenvalue weighted by molar-refractivity contribution is 14.0. The Morgan fingerprint density at radius 3 is 2.79 bits per heavy atom. The van der Waals surface area contributed by atoms with Crippen molar-refractivity contribution in [2.24, 2.45) is 4.99 Å². The number of aliphatic imine (C=N–C) groups is 1. The van der Waals surface area contributed by atoms with Gasteiger partial charge in [0.1, 0.15) is 0 Å². The van der Waals surface area contributed by atoms with Crippen molar-refractivity contribution in [3.63, 3.8) is 0 Å². The van der Waals surface area contributed by atoms with Crippen molar-refractivity contribution in [1.82, 2.24) is 25.2 Å². The summed E-state index contributed by atoms with van der Waals surface area (Å²) >= 11 is 1.78. The minimum Gasteiger partial charge on any atom is -0.357 e. The van der Waals surface area contributed by atoms with E-state index in [1.165, 1.54) is 9.88 Å². The number of nitrogens with zero attached hydrogens (tertiary/aromatic N) is 4. The van der Waals surface area contributed by atoms with E-state index in [0.717, 1.165) is 50.7 Å². The van der Waals surface area contributed by atoms with Crippen molar-refractivity contribution < 1.29 is 0 Å². The van der Waals surface area contributed by atoms with Crippen molar-refractivity contribution in [2.75, 3.05) is 19.6 Å². The van der Waals surface area contributed by atoms with Gasteiger partial charge in [-0.15, -0.1) is 35.3 Å². The summed E-state index contributed by atoms with van der Waals surface area (Å²) in [6.45, 7) is 9.71. The number of imidazole rings is 1. The summed E-state index contributed by atoms with van der Waals surface area (Å²) in [5.74, 6) is 0.878. The van der Waals surface area contributed by atoms with E-state index in [-0.39, 0.29) is 24.0 Å². The topological polar surface area (TPSA) is 67.1 Å². The molecule has 0 radical (unpaired) electrons. The van der Waals surface area contributed by atoms with Crippen LogP contribution in [0.3, 0.4) is 0 Å². The number of hydrogen-bond donors (Lipinski definition) is 2. The van der Waals surface area contributed by atoms with E-state index < -0.39 is 0 Å². The quantitative estimate of drug-likeness (QED) is 0.274. The molecule has 6 nitrogen and oxygen atoms in total. The van der Waals surface area contributed by atoms with Crippen molar-refractivity contribution in [2.45, 2.75) is 40.2 Å². The fourth-order valence-electron chi connectivity index (χ4n) is 2.14. The van der Waals surface area contributed by atoms with Crippen LogP contribution >= 0.6 is 35.3 Å². The Balaban J connectivity index is 0.00000288. The van der Waals surface area contributed by atoms with Crippen molar-refractivity contribution >= 4 is 41.3 Å². The van der Waals surface area contributed by atoms with Gasteiger partial charge in [0, 0.05) is 49.9 Å². The number of aromatic nitrogens is 3. The number of aryl methyl sites for hydroxylation is 3. The zero-order valence-electron chi connectivity index (χ0n) is 14.6. The molecular formula is C16H27IN6S. The molecule has 2 aromatic heterocycles. The van der Waals surface area contributed by atoms with Crippen molar-refractivity contribution in [3.05, 3.63) is 34.3 Å². The van der Waals surface area contributed by atoms with Crippen LogP contribution < -0.4 is 10.6 Å². The zero-order valence-corrected chi connectivity index (χ0v) is 17.7. The maximum atomic E-state index is 4.61. The van der Waals surface area contributed by atoms with Crippen LogP contribution in [0.1, 0.15) is 28.9 Å². The smallest absolute Gasteiger partial charge is 0.191 e. The lowest BCUT2D eigenvalue weighted by molar-refractivity contribution is 0.647. The predicted octanol–water partition coefficient (Wildman–Crippen LogP) is 2.76. The molecule has 0 fully saturated rings. The zero-order chi connectivity index (χ0) is 16.5. The summed E-state index contributed by atoms with van der Waals surface area (Å²) in [7, 11) is 0. The summed E-state index contributed by atoms with van der Waals surface area (Å²) < 4.78 is 2.07. The summed E-state index contributed by atoms with van der Waals surface area (Å²) in [5, 5.41) is 7.84. The standard InChI is InChI=1S/C16H26N6S.HI/c1-4-18-16(19-7-5-10-22-11-9-17-12-22)20-8-6-15-21-13(2)14(3)23-15;/h9,11-12H,4-8,10H2,1-3H3,(H2,18,19,20);1H. The second-order valence-electron chi connectivity index (χ2n) is 5.34. The number of hydrogen-bond acceptors (Lipinski definition) is 4. The molecule has 0 bridgehead atoms. The number of thiazole rings is 1. The largest absolute Gasteiger partial charge is 0.357 e. The molecule has 0 aliphatic heterocycles. The van der Waals surface area contributed by atoms with E-state index in [0.29, 0.717) is 0 Å². The normalized spacial score (nSPS) is 11.2. The lowest BCUT2D eigenvalue weighted by atomic mass is 10.4. The lowest BCUT2D eigenvalue weighted by Crippen LogP contribution is -2.38. The molecule has 2 N–H and O–H groups in total. The second-order valence-corrected chi connectivity index (χ2v) is 6.63. The van der Waals surface area contributed by atoms with Crippen LogP contribution in [0.5, 0.6) is 0 Å². The lowest BCUT2D eigenvalue weighted by Gasteiger charge is -2.10. The molecule has 0 saturated heterocycles. The fourth-order valence-corrected chi connectivity index (χ4v) is 3.07. The molecule has 0 aliphatic carbocycles. The van der Waals surface area contributed by atoms with Gasteiger partial charge in [-0.25, -0.2) is 9.97 Å². The van der Waals surface area contributed by atoms with Gasteiger partial charge in [0.15, 0.2) is 5.96 Å². The molecule has 0 amide bonds. The van der Waals surface area contributed by atoms with Gasteiger partial charge in [-0.1, -0.05) is 0 Å². The first kappa shape index (κ1) is 20.9. The van der Waals surface area contributed by atoms with Crippen LogP contribution in [0.25, 0.3) is 0 Å². The highest BCUT2D eigenvalue weighted by Crippen LogP contribution is 2.16.